The van der Waals surface area contributed by atoms with Crippen molar-refractivity contribution in [1.82, 2.24) is 0 Å². The molecular weight excluding hydrogens is 196 g/mol. The Labute approximate surface area is 90.2 Å². The Hall–Kier alpha value is -0.610. The van der Waals surface area contributed by atoms with Crippen LogP contribution >= 0.6 is 0 Å². The molecule has 15 heavy (non-hydrogen) atoms. The van der Waals surface area contributed by atoms with Crippen LogP contribution in [0.15, 0.2) is 0 Å². The number of carbonyl (C=O) groups is 1. The maximum absolute atomic E-state index is 11.8. The lowest BCUT2D eigenvalue weighted by molar-refractivity contribution is -0.163. The molecule has 0 aromatic rings. The molecule has 1 rings (SSSR count). The number of aliphatic hydroxyl groups excluding tert-OH is 2. The summed E-state index contributed by atoms with van der Waals surface area (Å²) in [6.45, 7) is 3.88. The number of ether oxygens (including phenoxy) is 1. The monoisotopic (exact) mass is 216 g/mol. The standard InChI is InChI=1S/C11H20O4/c1-3-15-10(14)11(6-7-12)5-4-8(2)9(11)13/h8-9,12-13H,3-7H2,1-2H3/t8-,9-,11+/m0/s1. The van der Waals surface area contributed by atoms with Crippen molar-refractivity contribution in [2.45, 2.75) is 39.2 Å². The average molecular weight is 216 g/mol. The Kier molecular flexibility index (Phi) is 4.11. The Morgan fingerprint density at radius 1 is 1.60 bits per heavy atom. The predicted molar refractivity (Wildman–Crippen MR) is 55.2 cm³/mol. The first-order valence-corrected chi connectivity index (χ1v) is 5.54. The van der Waals surface area contributed by atoms with Gasteiger partial charge in [0.25, 0.3) is 0 Å². The fourth-order valence-corrected chi connectivity index (χ4v) is 2.41. The summed E-state index contributed by atoms with van der Waals surface area (Å²) in [5.74, 6) is -0.267. The summed E-state index contributed by atoms with van der Waals surface area (Å²) in [4.78, 5) is 11.8. The number of carbonyl (C=O) groups excluding carboxylic acids is 1. The maximum atomic E-state index is 11.8. The van der Waals surface area contributed by atoms with E-state index in [9.17, 15) is 9.90 Å². The number of hydrogen-bond donors (Lipinski definition) is 2. The highest BCUT2D eigenvalue weighted by Gasteiger charge is 2.52. The van der Waals surface area contributed by atoms with Gasteiger partial charge in [-0.05, 0) is 32.1 Å². The zero-order chi connectivity index (χ0) is 11.5. The first-order valence-electron chi connectivity index (χ1n) is 5.54. The molecular formula is C11H20O4. The third-order valence-corrected chi connectivity index (χ3v) is 3.39. The van der Waals surface area contributed by atoms with E-state index >= 15 is 0 Å². The van der Waals surface area contributed by atoms with Gasteiger partial charge in [-0.1, -0.05) is 6.92 Å². The van der Waals surface area contributed by atoms with Crippen molar-refractivity contribution in [3.8, 4) is 0 Å². The van der Waals surface area contributed by atoms with Gasteiger partial charge in [-0.25, -0.2) is 0 Å². The van der Waals surface area contributed by atoms with E-state index in [0.29, 0.717) is 13.0 Å². The van der Waals surface area contributed by atoms with E-state index in [4.69, 9.17) is 9.84 Å². The van der Waals surface area contributed by atoms with Crippen LogP contribution in [0.1, 0.15) is 33.1 Å². The fraction of sp³-hybridized carbons (Fsp3) is 0.909. The SMILES string of the molecule is CCOC(=O)[C@@]1(CCO)CC[C@H](C)[C@@H]1O. The van der Waals surface area contributed by atoms with Gasteiger partial charge in [-0.2, -0.15) is 0 Å². The van der Waals surface area contributed by atoms with Crippen LogP contribution in [0.3, 0.4) is 0 Å². The summed E-state index contributed by atoms with van der Waals surface area (Å²) in [7, 11) is 0. The summed E-state index contributed by atoms with van der Waals surface area (Å²) < 4.78 is 4.99. The largest absolute Gasteiger partial charge is 0.465 e. The first-order chi connectivity index (χ1) is 7.08. The molecule has 0 spiro atoms. The van der Waals surface area contributed by atoms with Gasteiger partial charge < -0.3 is 14.9 Å². The van der Waals surface area contributed by atoms with Crippen molar-refractivity contribution >= 4 is 5.97 Å². The molecule has 0 radical (unpaired) electrons. The van der Waals surface area contributed by atoms with E-state index in [1.54, 1.807) is 6.92 Å². The van der Waals surface area contributed by atoms with Gasteiger partial charge in [0.05, 0.1) is 18.1 Å². The van der Waals surface area contributed by atoms with E-state index in [1.165, 1.54) is 0 Å². The summed E-state index contributed by atoms with van der Waals surface area (Å²) >= 11 is 0. The van der Waals surface area contributed by atoms with Crippen molar-refractivity contribution in [3.05, 3.63) is 0 Å². The molecule has 4 heteroatoms. The van der Waals surface area contributed by atoms with Crippen molar-refractivity contribution < 1.29 is 19.7 Å². The molecule has 0 bridgehead atoms. The number of aliphatic hydroxyl groups is 2. The molecule has 0 amide bonds. The average Bonchev–Trinajstić information content (AvgIpc) is 2.48. The third-order valence-electron chi connectivity index (χ3n) is 3.39. The molecule has 1 aliphatic rings. The van der Waals surface area contributed by atoms with Crippen molar-refractivity contribution in [2.75, 3.05) is 13.2 Å². The van der Waals surface area contributed by atoms with E-state index in [0.717, 1.165) is 6.42 Å². The van der Waals surface area contributed by atoms with Crippen LogP contribution in [0.5, 0.6) is 0 Å². The highest BCUT2D eigenvalue weighted by atomic mass is 16.5. The number of esters is 1. The van der Waals surface area contributed by atoms with Crippen LogP contribution in [0.4, 0.5) is 0 Å². The summed E-state index contributed by atoms with van der Waals surface area (Å²) in [5, 5.41) is 19.0. The van der Waals surface area contributed by atoms with Gasteiger partial charge in [-0.3, -0.25) is 4.79 Å². The van der Waals surface area contributed by atoms with Gasteiger partial charge >= 0.3 is 5.97 Å². The predicted octanol–water partition coefficient (Wildman–Crippen LogP) is 0.709. The second kappa shape index (κ2) is 4.94. The summed E-state index contributed by atoms with van der Waals surface area (Å²) in [5.41, 5.74) is -0.871. The minimum atomic E-state index is -0.871. The molecule has 0 aromatic carbocycles. The van der Waals surface area contributed by atoms with E-state index in [1.807, 2.05) is 6.92 Å². The zero-order valence-electron chi connectivity index (χ0n) is 9.40. The Balaban J connectivity index is 2.83. The zero-order valence-corrected chi connectivity index (χ0v) is 9.40. The molecule has 2 N–H and O–H groups in total. The molecule has 0 heterocycles. The molecule has 0 unspecified atom stereocenters. The van der Waals surface area contributed by atoms with E-state index in [-0.39, 0.29) is 24.9 Å². The molecule has 88 valence electrons. The van der Waals surface area contributed by atoms with Crippen LogP contribution in [0.25, 0.3) is 0 Å². The minimum absolute atomic E-state index is 0.0946. The Bertz CT molecular complexity index is 225. The molecule has 0 aliphatic heterocycles. The van der Waals surface area contributed by atoms with Gasteiger partial charge in [-0.15, -0.1) is 0 Å². The maximum Gasteiger partial charge on any atom is 0.314 e. The van der Waals surface area contributed by atoms with Crippen LogP contribution < -0.4 is 0 Å². The van der Waals surface area contributed by atoms with Crippen LogP contribution in [0.2, 0.25) is 0 Å². The molecule has 0 saturated heterocycles. The fourth-order valence-electron chi connectivity index (χ4n) is 2.41. The lowest BCUT2D eigenvalue weighted by Gasteiger charge is -2.30. The third kappa shape index (κ3) is 2.16. The molecule has 1 fully saturated rings. The minimum Gasteiger partial charge on any atom is -0.465 e. The molecule has 0 aromatic heterocycles. The lowest BCUT2D eigenvalue weighted by Crippen LogP contribution is -2.42. The molecule has 3 atom stereocenters. The van der Waals surface area contributed by atoms with Crippen molar-refractivity contribution in [3.63, 3.8) is 0 Å². The van der Waals surface area contributed by atoms with Crippen molar-refractivity contribution in [1.29, 1.82) is 0 Å². The number of hydrogen-bond acceptors (Lipinski definition) is 4. The van der Waals surface area contributed by atoms with Gasteiger partial charge in [0, 0.05) is 6.61 Å². The smallest absolute Gasteiger partial charge is 0.314 e. The quantitative estimate of drug-likeness (QED) is 0.679. The molecule has 1 saturated carbocycles. The summed E-state index contributed by atoms with van der Waals surface area (Å²) in [6.07, 6.45) is 1.01. The van der Waals surface area contributed by atoms with Gasteiger partial charge in [0.15, 0.2) is 0 Å². The number of rotatable bonds is 4. The molecule has 1 aliphatic carbocycles. The van der Waals surface area contributed by atoms with E-state index < -0.39 is 11.5 Å². The Morgan fingerprint density at radius 3 is 2.67 bits per heavy atom. The normalized spacial score (nSPS) is 35.5. The summed E-state index contributed by atoms with van der Waals surface area (Å²) in [6, 6.07) is 0. The lowest BCUT2D eigenvalue weighted by atomic mass is 9.80. The van der Waals surface area contributed by atoms with E-state index in [2.05, 4.69) is 0 Å². The van der Waals surface area contributed by atoms with Crippen LogP contribution in [-0.2, 0) is 9.53 Å². The van der Waals surface area contributed by atoms with Crippen LogP contribution in [0, 0.1) is 11.3 Å². The van der Waals surface area contributed by atoms with Crippen LogP contribution in [-0.4, -0.2) is 35.5 Å². The Morgan fingerprint density at radius 2 is 2.27 bits per heavy atom. The highest BCUT2D eigenvalue weighted by Crippen LogP contribution is 2.45. The highest BCUT2D eigenvalue weighted by molar-refractivity contribution is 5.78. The van der Waals surface area contributed by atoms with Gasteiger partial charge in [0.1, 0.15) is 0 Å². The molecule has 4 nitrogen and oxygen atoms in total. The second-order valence-electron chi connectivity index (χ2n) is 4.31. The topological polar surface area (TPSA) is 66.8 Å². The first kappa shape index (κ1) is 12.5. The van der Waals surface area contributed by atoms with Crippen molar-refractivity contribution in [2.24, 2.45) is 11.3 Å². The second-order valence-corrected chi connectivity index (χ2v) is 4.31. The van der Waals surface area contributed by atoms with Gasteiger partial charge in [0.2, 0.25) is 0 Å².